The fourth-order valence-corrected chi connectivity index (χ4v) is 5.93. The minimum Gasteiger partial charge on any atom is -0.434 e. The second-order valence-corrected chi connectivity index (χ2v) is 10.4. The zero-order valence-electron chi connectivity index (χ0n) is 16.8. The summed E-state index contributed by atoms with van der Waals surface area (Å²) in [5.41, 5.74) is 3.25. The van der Waals surface area contributed by atoms with E-state index >= 15 is 0 Å². The predicted octanol–water partition coefficient (Wildman–Crippen LogP) is 2.14. The van der Waals surface area contributed by atoms with E-state index in [1.165, 1.54) is 5.57 Å². The number of hydrogen-bond acceptors (Lipinski definition) is 5. The van der Waals surface area contributed by atoms with Gasteiger partial charge in [0.25, 0.3) is 0 Å². The van der Waals surface area contributed by atoms with E-state index in [9.17, 15) is 9.90 Å². The molecule has 6 nitrogen and oxygen atoms in total. The predicted molar refractivity (Wildman–Crippen MR) is 104 cm³/mol. The molecule has 0 bridgehead atoms. The molecule has 5 unspecified atom stereocenters. The Hall–Kier alpha value is -0.760. The highest BCUT2D eigenvalue weighted by Gasteiger charge is 2.79. The second kappa shape index (κ2) is 7.70. The summed E-state index contributed by atoms with van der Waals surface area (Å²) in [5, 5.41) is 11.8. The van der Waals surface area contributed by atoms with Crippen molar-refractivity contribution in [3.8, 4) is 0 Å². The summed E-state index contributed by atoms with van der Waals surface area (Å²) in [4.78, 5) is 11.9. The van der Waals surface area contributed by atoms with Gasteiger partial charge >= 0.3 is 6.09 Å². The number of carbonyl (C=O) groups is 1. The first kappa shape index (κ1) is 21.5. The van der Waals surface area contributed by atoms with Crippen molar-refractivity contribution in [1.82, 2.24) is 0 Å². The van der Waals surface area contributed by atoms with Gasteiger partial charge in [0, 0.05) is 7.11 Å². The van der Waals surface area contributed by atoms with Crippen molar-refractivity contribution in [3.63, 3.8) is 0 Å². The number of primary amides is 1. The van der Waals surface area contributed by atoms with Gasteiger partial charge in [0.2, 0.25) is 5.60 Å². The molecule has 1 aliphatic carbocycles. The molecule has 7 heteroatoms. The fraction of sp³-hybridized carbons (Fsp3) is 0.842. The van der Waals surface area contributed by atoms with Crippen molar-refractivity contribution in [1.29, 1.82) is 0 Å². The number of allylic oxidation sites excluding steroid dienone is 1. The van der Waals surface area contributed by atoms with Gasteiger partial charge in [0.1, 0.15) is 17.5 Å². The van der Waals surface area contributed by atoms with Crippen LogP contribution in [0.5, 0.6) is 0 Å². The van der Waals surface area contributed by atoms with Gasteiger partial charge in [-0.15, -0.1) is 0 Å². The van der Waals surface area contributed by atoms with Gasteiger partial charge in [-0.25, -0.2) is 4.79 Å². The first-order chi connectivity index (χ1) is 12.0. The molecular formula is C19H34NO5S+. The van der Waals surface area contributed by atoms with Crippen molar-refractivity contribution < 1.29 is 24.1 Å². The molecule has 3 N–H and O–H groups in total. The van der Waals surface area contributed by atoms with Crippen LogP contribution in [0.4, 0.5) is 4.79 Å². The molecule has 2 rings (SSSR count). The number of nitrogens with two attached hydrogens (primary N) is 1. The number of amides is 1. The lowest BCUT2D eigenvalue weighted by Crippen LogP contribution is -2.75. The molecule has 0 spiro atoms. The van der Waals surface area contributed by atoms with E-state index in [1.54, 1.807) is 7.11 Å². The van der Waals surface area contributed by atoms with Crippen LogP contribution < -0.4 is 5.73 Å². The Bertz CT molecular complexity index is 564. The molecule has 5 atom stereocenters. The van der Waals surface area contributed by atoms with E-state index in [4.69, 9.17) is 19.9 Å². The summed E-state index contributed by atoms with van der Waals surface area (Å²) >= 11 is 0. The van der Waals surface area contributed by atoms with Gasteiger partial charge in [0.05, 0.1) is 18.6 Å². The van der Waals surface area contributed by atoms with Gasteiger partial charge in [-0.2, -0.15) is 0 Å². The molecule has 1 saturated carbocycles. The largest absolute Gasteiger partial charge is 0.434 e. The Labute approximate surface area is 159 Å². The van der Waals surface area contributed by atoms with Gasteiger partial charge in [-0.3, -0.25) is 0 Å². The van der Waals surface area contributed by atoms with E-state index in [0.29, 0.717) is 25.0 Å². The summed E-state index contributed by atoms with van der Waals surface area (Å²) in [7, 11) is 1.52. The van der Waals surface area contributed by atoms with E-state index in [1.807, 2.05) is 20.8 Å². The number of hydrogen-bond donors (Lipinski definition) is 2. The molecule has 1 heterocycles. The molecule has 0 aromatic heterocycles. The molecule has 150 valence electrons. The zero-order chi connectivity index (χ0) is 19.8. The summed E-state index contributed by atoms with van der Waals surface area (Å²) in [6.45, 7) is 5.97. The summed E-state index contributed by atoms with van der Waals surface area (Å²) in [6, 6.07) is 0. The molecule has 2 fully saturated rings. The van der Waals surface area contributed by atoms with Crippen molar-refractivity contribution in [2.45, 2.75) is 75.5 Å². The second-order valence-electron chi connectivity index (χ2n) is 8.17. The highest BCUT2D eigenvalue weighted by Crippen LogP contribution is 2.59. The Morgan fingerprint density at radius 1 is 1.42 bits per heavy atom. The third-order valence-electron chi connectivity index (χ3n) is 5.70. The van der Waals surface area contributed by atoms with Crippen molar-refractivity contribution in [3.05, 3.63) is 11.6 Å². The van der Waals surface area contributed by atoms with Crippen LogP contribution in [-0.4, -0.2) is 65.6 Å². The first-order valence-corrected chi connectivity index (χ1v) is 11.3. The third-order valence-corrected chi connectivity index (χ3v) is 6.75. The van der Waals surface area contributed by atoms with E-state index in [0.717, 1.165) is 6.42 Å². The van der Waals surface area contributed by atoms with Crippen LogP contribution in [0.25, 0.3) is 0 Å². The van der Waals surface area contributed by atoms with E-state index in [2.05, 4.69) is 18.6 Å². The quantitative estimate of drug-likeness (QED) is 0.396. The van der Waals surface area contributed by atoms with Crippen LogP contribution in [0, 0.1) is 0 Å². The molecule has 1 saturated heterocycles. The average molecular weight is 389 g/mol. The number of carbonyl (C=O) groups excluding carboxylic acids is 1. The molecule has 0 aromatic carbocycles. The molecule has 1 aliphatic heterocycles. The van der Waals surface area contributed by atoms with Gasteiger partial charge < -0.3 is 25.1 Å². The summed E-state index contributed by atoms with van der Waals surface area (Å²) < 4.78 is 17.6. The van der Waals surface area contributed by atoms with Gasteiger partial charge in [0.15, 0.2) is 5.60 Å². The number of aliphatic hydroxyl groups is 1. The molecule has 2 aliphatic rings. The van der Waals surface area contributed by atoms with Gasteiger partial charge in [-0.05, 0) is 57.3 Å². The third kappa shape index (κ3) is 3.63. The highest BCUT2D eigenvalue weighted by molar-refractivity contribution is 7.95. The molecule has 0 radical (unpaired) electrons. The Balaban J connectivity index is 2.52. The highest BCUT2D eigenvalue weighted by atomic mass is 32.2. The average Bonchev–Trinajstić information content (AvgIpc) is 3.18. The number of rotatable bonds is 7. The van der Waals surface area contributed by atoms with Crippen LogP contribution in [0.3, 0.4) is 0 Å². The van der Waals surface area contributed by atoms with E-state index < -0.39 is 29.0 Å². The molecular weight excluding hydrogens is 354 g/mol. The fourth-order valence-electron chi connectivity index (χ4n) is 4.62. The Morgan fingerprint density at radius 3 is 2.58 bits per heavy atom. The lowest BCUT2D eigenvalue weighted by molar-refractivity contribution is -0.245. The molecule has 1 amide bonds. The Morgan fingerprint density at radius 2 is 2.08 bits per heavy atom. The van der Waals surface area contributed by atoms with Crippen molar-refractivity contribution in [2.75, 3.05) is 25.4 Å². The first-order valence-electron chi connectivity index (χ1n) is 9.11. The van der Waals surface area contributed by atoms with Crippen LogP contribution in [0.2, 0.25) is 0 Å². The number of ether oxygens (including phenoxy) is 3. The SMILES string of the molecule is COC1CCCC(O)(C[S+](C)C)C1(OC(N)=O)C1(C)OC1CC=C(C)C. The van der Waals surface area contributed by atoms with Gasteiger partial charge in [-0.1, -0.05) is 11.6 Å². The number of epoxide rings is 1. The molecule has 0 aromatic rings. The smallest absolute Gasteiger partial charge is 0.405 e. The van der Waals surface area contributed by atoms with Crippen LogP contribution in [0.1, 0.15) is 46.5 Å². The summed E-state index contributed by atoms with van der Waals surface area (Å²) in [5.74, 6) is 0.508. The van der Waals surface area contributed by atoms with Crippen LogP contribution in [-0.2, 0) is 25.1 Å². The maximum absolute atomic E-state index is 11.9. The normalized spacial score (nSPS) is 39.5. The van der Waals surface area contributed by atoms with Crippen LogP contribution >= 0.6 is 0 Å². The minimum absolute atomic E-state index is 0.0653. The van der Waals surface area contributed by atoms with Crippen LogP contribution in [0.15, 0.2) is 11.6 Å². The van der Waals surface area contributed by atoms with Crippen molar-refractivity contribution in [2.24, 2.45) is 5.73 Å². The Kier molecular flexibility index (Phi) is 6.38. The van der Waals surface area contributed by atoms with E-state index in [-0.39, 0.29) is 17.0 Å². The minimum atomic E-state index is -1.32. The standard InChI is InChI=1S/C19H33NO5S/c1-13(2)9-10-14-17(3,24-14)19(25-16(20)21)15(23-4)8-7-11-18(19,22)12-26(5)6/h9,14-15,22H,7-8,10-12H2,1-6H3,(H-,20,21)/p+1. The lowest BCUT2D eigenvalue weighted by atomic mass is 9.63. The maximum Gasteiger partial charge on any atom is 0.405 e. The monoisotopic (exact) mass is 388 g/mol. The molecule has 26 heavy (non-hydrogen) atoms. The number of methoxy groups -OCH3 is 1. The van der Waals surface area contributed by atoms with Crippen molar-refractivity contribution >= 4 is 17.0 Å². The zero-order valence-corrected chi connectivity index (χ0v) is 17.6. The lowest BCUT2D eigenvalue weighted by Gasteiger charge is -2.53. The topological polar surface area (TPSA) is 94.3 Å². The summed E-state index contributed by atoms with van der Waals surface area (Å²) in [6.07, 6.45) is 7.40. The maximum atomic E-state index is 11.9.